The summed E-state index contributed by atoms with van der Waals surface area (Å²) in [7, 11) is 0. The Labute approximate surface area is 161 Å². The lowest BCUT2D eigenvalue weighted by Crippen LogP contribution is -2.44. The largest absolute Gasteiger partial charge is 0.376 e. The number of nitrogens with zero attached hydrogens (tertiary/aromatic N) is 1. The molecule has 0 aliphatic carbocycles. The zero-order valence-corrected chi connectivity index (χ0v) is 17.2. The summed E-state index contributed by atoms with van der Waals surface area (Å²) >= 11 is 3.01. The number of rotatable bonds is 6. The predicted molar refractivity (Wildman–Crippen MR) is 107 cm³/mol. The van der Waals surface area contributed by atoms with Crippen molar-refractivity contribution in [3.05, 3.63) is 26.6 Å². The van der Waals surface area contributed by atoms with Crippen LogP contribution in [0.15, 0.2) is 4.79 Å². The molecule has 1 amide bonds. The van der Waals surface area contributed by atoms with E-state index in [0.29, 0.717) is 17.0 Å². The van der Waals surface area contributed by atoms with E-state index in [1.165, 1.54) is 23.1 Å². The summed E-state index contributed by atoms with van der Waals surface area (Å²) < 4.78 is 5.62. The Bertz CT molecular complexity index is 855. The van der Waals surface area contributed by atoms with Crippen molar-refractivity contribution in [1.29, 1.82) is 0 Å². The third kappa shape index (κ3) is 4.13. The van der Waals surface area contributed by atoms with Crippen LogP contribution in [0.1, 0.15) is 43.0 Å². The van der Waals surface area contributed by atoms with Crippen LogP contribution in [0, 0.1) is 13.8 Å². The molecule has 3 heterocycles. The minimum Gasteiger partial charge on any atom is -0.376 e. The number of aryl methyl sites for hydroxylation is 2. The van der Waals surface area contributed by atoms with Gasteiger partial charge in [0.15, 0.2) is 0 Å². The van der Waals surface area contributed by atoms with Crippen molar-refractivity contribution < 1.29 is 9.53 Å². The molecule has 0 aromatic carbocycles. The predicted octanol–water partition coefficient (Wildman–Crippen LogP) is 2.91. The number of aromatic nitrogens is 2. The molecular weight excluding hydrogens is 370 g/mol. The van der Waals surface area contributed by atoms with E-state index in [1.807, 2.05) is 27.7 Å². The molecule has 3 unspecified atom stereocenters. The molecule has 8 heteroatoms. The van der Waals surface area contributed by atoms with Crippen LogP contribution in [-0.4, -0.2) is 39.9 Å². The number of aromatic amines is 1. The molecule has 2 N–H and O–H groups in total. The molecule has 3 rings (SSSR count). The van der Waals surface area contributed by atoms with Gasteiger partial charge >= 0.3 is 0 Å². The summed E-state index contributed by atoms with van der Waals surface area (Å²) in [4.78, 5) is 34.0. The van der Waals surface area contributed by atoms with Gasteiger partial charge in [-0.05, 0) is 46.1 Å². The number of hydrogen-bond donors (Lipinski definition) is 2. The topological polar surface area (TPSA) is 84.1 Å². The molecule has 0 spiro atoms. The number of fused-ring (bicyclic) bond motifs is 1. The number of ether oxygens (including phenoxy) is 1. The van der Waals surface area contributed by atoms with Crippen LogP contribution in [0.2, 0.25) is 0 Å². The first-order chi connectivity index (χ1) is 12.4. The van der Waals surface area contributed by atoms with E-state index >= 15 is 0 Å². The fourth-order valence-electron chi connectivity index (χ4n) is 3.08. The number of hydrogen-bond acceptors (Lipinski definition) is 6. The maximum absolute atomic E-state index is 12.4. The van der Waals surface area contributed by atoms with Gasteiger partial charge in [0, 0.05) is 11.5 Å². The van der Waals surface area contributed by atoms with Gasteiger partial charge in [-0.15, -0.1) is 23.1 Å². The molecule has 1 fully saturated rings. The zero-order chi connectivity index (χ0) is 18.8. The fraction of sp³-hybridized carbons (Fsp3) is 0.611. The minimum absolute atomic E-state index is 0.00997. The smallest absolute Gasteiger partial charge is 0.259 e. The first-order valence-corrected chi connectivity index (χ1v) is 10.8. The van der Waals surface area contributed by atoms with Crippen LogP contribution < -0.4 is 10.9 Å². The van der Waals surface area contributed by atoms with E-state index in [9.17, 15) is 9.59 Å². The number of thioether (sulfide) groups is 1. The Morgan fingerprint density at radius 1 is 1.46 bits per heavy atom. The van der Waals surface area contributed by atoms with E-state index in [2.05, 4.69) is 15.3 Å². The third-order valence-electron chi connectivity index (χ3n) is 4.82. The van der Waals surface area contributed by atoms with Gasteiger partial charge in [-0.3, -0.25) is 9.59 Å². The summed E-state index contributed by atoms with van der Waals surface area (Å²) in [6, 6.07) is 0.0133. The lowest BCUT2D eigenvalue weighted by atomic mass is 10.1. The zero-order valence-electron chi connectivity index (χ0n) is 15.5. The molecule has 1 saturated heterocycles. The van der Waals surface area contributed by atoms with Crippen LogP contribution in [0.5, 0.6) is 0 Å². The number of carbonyl (C=O) groups is 1. The highest BCUT2D eigenvalue weighted by Gasteiger charge is 2.25. The normalized spacial score (nSPS) is 19.6. The standard InChI is InChI=1S/C18H25N3O3S2/c1-9-11(3)26-18-15(9)17(23)20-14(21-18)8-25-12(4)16(22)19-10(2)13-6-5-7-24-13/h10,12-13H,5-8H2,1-4H3,(H,19,22)(H,20,21,23). The first-order valence-electron chi connectivity index (χ1n) is 8.89. The Hall–Kier alpha value is -1.38. The minimum atomic E-state index is -0.230. The van der Waals surface area contributed by atoms with Gasteiger partial charge in [0.25, 0.3) is 5.56 Å². The summed E-state index contributed by atoms with van der Waals surface area (Å²) in [5, 5.41) is 3.48. The van der Waals surface area contributed by atoms with E-state index < -0.39 is 0 Å². The van der Waals surface area contributed by atoms with Crippen molar-refractivity contribution in [1.82, 2.24) is 15.3 Å². The van der Waals surface area contributed by atoms with Gasteiger partial charge in [-0.1, -0.05) is 0 Å². The summed E-state index contributed by atoms with van der Waals surface area (Å²) in [6.45, 7) is 8.58. The highest BCUT2D eigenvalue weighted by atomic mass is 32.2. The monoisotopic (exact) mass is 395 g/mol. The van der Waals surface area contributed by atoms with Crippen molar-refractivity contribution in [2.75, 3.05) is 6.61 Å². The quantitative estimate of drug-likeness (QED) is 0.786. The molecule has 0 bridgehead atoms. The fourth-order valence-corrected chi connectivity index (χ4v) is 4.89. The molecule has 0 radical (unpaired) electrons. The summed E-state index contributed by atoms with van der Waals surface area (Å²) in [5.41, 5.74) is 0.894. The van der Waals surface area contributed by atoms with Gasteiger partial charge in [-0.25, -0.2) is 4.98 Å². The molecule has 2 aromatic heterocycles. The Balaban J connectivity index is 1.60. The van der Waals surface area contributed by atoms with Gasteiger partial charge in [0.2, 0.25) is 5.91 Å². The van der Waals surface area contributed by atoms with Crippen LogP contribution in [-0.2, 0) is 15.3 Å². The van der Waals surface area contributed by atoms with Crippen LogP contribution in [0.3, 0.4) is 0 Å². The Morgan fingerprint density at radius 3 is 2.92 bits per heavy atom. The Morgan fingerprint density at radius 2 is 2.23 bits per heavy atom. The Kier molecular flexibility index (Phi) is 6.04. The second-order valence-corrected chi connectivity index (χ2v) is 9.31. The average molecular weight is 396 g/mol. The molecule has 26 heavy (non-hydrogen) atoms. The molecular formula is C18H25N3O3S2. The lowest BCUT2D eigenvalue weighted by Gasteiger charge is -2.21. The van der Waals surface area contributed by atoms with E-state index in [4.69, 9.17) is 4.74 Å². The number of amides is 1. The average Bonchev–Trinajstić information content (AvgIpc) is 3.22. The first kappa shape index (κ1) is 19.4. The van der Waals surface area contributed by atoms with Crippen LogP contribution >= 0.6 is 23.1 Å². The van der Waals surface area contributed by atoms with E-state index in [0.717, 1.165) is 34.7 Å². The molecule has 1 aliphatic rings. The SMILES string of the molecule is Cc1sc2nc(CSC(C)C(=O)NC(C)C3CCCO3)[nH]c(=O)c2c1C. The van der Waals surface area contributed by atoms with Crippen molar-refractivity contribution >= 4 is 39.2 Å². The van der Waals surface area contributed by atoms with Crippen molar-refractivity contribution in [2.45, 2.75) is 63.7 Å². The van der Waals surface area contributed by atoms with Gasteiger partial charge in [-0.2, -0.15) is 0 Å². The van der Waals surface area contributed by atoms with Crippen molar-refractivity contribution in [2.24, 2.45) is 0 Å². The number of H-pyrrole nitrogens is 1. The maximum atomic E-state index is 12.4. The molecule has 0 saturated carbocycles. The number of nitrogens with one attached hydrogen (secondary N) is 2. The van der Waals surface area contributed by atoms with Crippen LogP contribution in [0.25, 0.3) is 10.2 Å². The number of carbonyl (C=O) groups excluding carboxylic acids is 1. The summed E-state index contributed by atoms with van der Waals surface area (Å²) in [6.07, 6.45) is 2.16. The van der Waals surface area contributed by atoms with E-state index in [-0.39, 0.29) is 28.9 Å². The molecule has 3 atom stereocenters. The highest BCUT2D eigenvalue weighted by Crippen LogP contribution is 2.26. The molecule has 2 aromatic rings. The van der Waals surface area contributed by atoms with Crippen molar-refractivity contribution in [3.63, 3.8) is 0 Å². The molecule has 1 aliphatic heterocycles. The highest BCUT2D eigenvalue weighted by molar-refractivity contribution is 7.99. The lowest BCUT2D eigenvalue weighted by molar-refractivity contribution is -0.121. The third-order valence-corrected chi connectivity index (χ3v) is 7.08. The van der Waals surface area contributed by atoms with Crippen molar-refractivity contribution in [3.8, 4) is 0 Å². The number of thiophene rings is 1. The summed E-state index contributed by atoms with van der Waals surface area (Å²) in [5.74, 6) is 1.09. The second-order valence-electron chi connectivity index (χ2n) is 6.78. The second kappa shape index (κ2) is 8.10. The maximum Gasteiger partial charge on any atom is 0.259 e. The molecule has 6 nitrogen and oxygen atoms in total. The van der Waals surface area contributed by atoms with Crippen LogP contribution in [0.4, 0.5) is 0 Å². The van der Waals surface area contributed by atoms with E-state index in [1.54, 1.807) is 0 Å². The molecule has 142 valence electrons. The van der Waals surface area contributed by atoms with Gasteiger partial charge < -0.3 is 15.0 Å². The van der Waals surface area contributed by atoms with Gasteiger partial charge in [0.05, 0.1) is 28.5 Å². The van der Waals surface area contributed by atoms with Gasteiger partial charge in [0.1, 0.15) is 10.7 Å².